The highest BCUT2D eigenvalue weighted by Crippen LogP contribution is 2.27. The molecule has 2 fully saturated rings. The van der Waals surface area contributed by atoms with Gasteiger partial charge < -0.3 is 15.8 Å². The van der Waals surface area contributed by atoms with E-state index in [1.54, 1.807) is 0 Å². The molecular formula is C14H27N3O2. The summed E-state index contributed by atoms with van der Waals surface area (Å²) in [7, 11) is 0. The second kappa shape index (κ2) is 7.22. The van der Waals surface area contributed by atoms with Crippen LogP contribution in [0.15, 0.2) is 0 Å². The third-order valence-electron chi connectivity index (χ3n) is 4.24. The number of amides is 1. The molecule has 2 rings (SSSR count). The number of ether oxygens (including phenoxy) is 1. The van der Waals surface area contributed by atoms with Crippen molar-refractivity contribution < 1.29 is 9.53 Å². The summed E-state index contributed by atoms with van der Waals surface area (Å²) in [4.78, 5) is 14.4. The van der Waals surface area contributed by atoms with Gasteiger partial charge in [0.1, 0.15) is 0 Å². The fraction of sp³-hybridized carbons (Fsp3) is 0.929. The Morgan fingerprint density at radius 1 is 1.21 bits per heavy atom. The first kappa shape index (κ1) is 14.8. The number of rotatable bonds is 6. The summed E-state index contributed by atoms with van der Waals surface area (Å²) in [6.45, 7) is 5.64. The van der Waals surface area contributed by atoms with Gasteiger partial charge in [0.25, 0.3) is 0 Å². The summed E-state index contributed by atoms with van der Waals surface area (Å²) in [6.07, 6.45) is 6.00. The Bertz CT molecular complexity index is 284. The number of nitrogens with two attached hydrogens (primary N) is 1. The molecule has 0 spiro atoms. The number of unbranched alkanes of at least 4 members (excludes halogenated alkanes) is 1. The quantitative estimate of drug-likeness (QED) is 0.689. The van der Waals surface area contributed by atoms with Gasteiger partial charge in [0.2, 0.25) is 5.91 Å². The maximum atomic E-state index is 12.0. The molecule has 1 amide bonds. The molecule has 0 bridgehead atoms. The molecule has 1 aliphatic heterocycles. The summed E-state index contributed by atoms with van der Waals surface area (Å²) >= 11 is 0. The van der Waals surface area contributed by atoms with Gasteiger partial charge in [-0.1, -0.05) is 12.8 Å². The van der Waals surface area contributed by atoms with Crippen LogP contribution in [0.5, 0.6) is 0 Å². The highest BCUT2D eigenvalue weighted by atomic mass is 16.5. The van der Waals surface area contributed by atoms with Gasteiger partial charge in [-0.2, -0.15) is 0 Å². The van der Waals surface area contributed by atoms with Gasteiger partial charge in [0.15, 0.2) is 0 Å². The summed E-state index contributed by atoms with van der Waals surface area (Å²) in [6, 6.07) is 0. The molecule has 0 aromatic carbocycles. The van der Waals surface area contributed by atoms with Crippen molar-refractivity contribution in [2.45, 2.75) is 44.1 Å². The summed E-state index contributed by atoms with van der Waals surface area (Å²) in [5.41, 5.74) is 5.52. The van der Waals surface area contributed by atoms with E-state index >= 15 is 0 Å². The number of hydrogen-bond acceptors (Lipinski definition) is 4. The molecule has 19 heavy (non-hydrogen) atoms. The molecule has 1 heterocycles. The molecule has 0 atom stereocenters. The molecular weight excluding hydrogens is 242 g/mol. The van der Waals surface area contributed by atoms with Crippen LogP contribution in [0.3, 0.4) is 0 Å². The van der Waals surface area contributed by atoms with Crippen molar-refractivity contribution in [1.82, 2.24) is 10.2 Å². The molecule has 1 aliphatic carbocycles. The van der Waals surface area contributed by atoms with Crippen molar-refractivity contribution >= 4 is 5.91 Å². The predicted octanol–water partition coefficient (Wildman–Crippen LogP) is 0.486. The summed E-state index contributed by atoms with van der Waals surface area (Å²) in [5.74, 6) is 0.0522. The Hall–Kier alpha value is -0.650. The van der Waals surface area contributed by atoms with Crippen LogP contribution in [0.2, 0.25) is 0 Å². The Morgan fingerprint density at radius 2 is 1.89 bits per heavy atom. The van der Waals surface area contributed by atoms with E-state index in [4.69, 9.17) is 10.5 Å². The minimum absolute atomic E-state index is 0.0522. The summed E-state index contributed by atoms with van der Waals surface area (Å²) < 4.78 is 5.31. The largest absolute Gasteiger partial charge is 0.379 e. The normalized spacial score (nSPS) is 23.4. The number of morpholine rings is 1. The zero-order valence-corrected chi connectivity index (χ0v) is 11.8. The average Bonchev–Trinajstić information content (AvgIpc) is 2.88. The molecule has 5 heteroatoms. The van der Waals surface area contributed by atoms with Crippen LogP contribution >= 0.6 is 0 Å². The van der Waals surface area contributed by atoms with E-state index in [-0.39, 0.29) is 5.91 Å². The predicted molar refractivity (Wildman–Crippen MR) is 74.9 cm³/mol. The zero-order valence-electron chi connectivity index (χ0n) is 11.8. The second-order valence-corrected chi connectivity index (χ2v) is 5.78. The number of carbonyl (C=O) groups is 1. The standard InChI is InChI=1S/C14H27N3O2/c15-14(5-1-2-6-14)13(18)16-7-3-4-8-17-9-11-19-12-10-17/h1-12,15H2,(H,16,18). The second-order valence-electron chi connectivity index (χ2n) is 5.78. The fourth-order valence-corrected chi connectivity index (χ4v) is 2.90. The Kier molecular flexibility index (Phi) is 5.60. The van der Waals surface area contributed by atoms with Crippen LogP contribution < -0.4 is 11.1 Å². The molecule has 2 aliphatic rings. The molecule has 5 nitrogen and oxygen atoms in total. The lowest BCUT2D eigenvalue weighted by molar-refractivity contribution is -0.126. The molecule has 1 saturated carbocycles. The van der Waals surface area contributed by atoms with E-state index in [0.29, 0.717) is 0 Å². The van der Waals surface area contributed by atoms with Gasteiger partial charge in [-0.25, -0.2) is 0 Å². The molecule has 0 radical (unpaired) electrons. The monoisotopic (exact) mass is 269 g/mol. The van der Waals surface area contributed by atoms with Gasteiger partial charge in [-0.3, -0.25) is 9.69 Å². The van der Waals surface area contributed by atoms with E-state index in [1.807, 2.05) is 0 Å². The van der Waals surface area contributed by atoms with Crippen LogP contribution in [0, 0.1) is 0 Å². The minimum atomic E-state index is -0.579. The summed E-state index contributed by atoms with van der Waals surface area (Å²) in [5, 5.41) is 3.00. The molecule has 0 unspecified atom stereocenters. The number of carbonyl (C=O) groups excluding carboxylic acids is 1. The lowest BCUT2D eigenvalue weighted by Crippen LogP contribution is -2.52. The number of hydrogen-bond donors (Lipinski definition) is 2. The van der Waals surface area contributed by atoms with Gasteiger partial charge in [0.05, 0.1) is 18.8 Å². The SMILES string of the molecule is NC1(C(=O)NCCCCN2CCOCC2)CCCC1. The van der Waals surface area contributed by atoms with E-state index in [0.717, 1.165) is 77.9 Å². The Morgan fingerprint density at radius 3 is 2.58 bits per heavy atom. The Labute approximate surface area is 115 Å². The Balaban J connectivity index is 1.52. The van der Waals surface area contributed by atoms with Crippen molar-refractivity contribution in [2.75, 3.05) is 39.4 Å². The lowest BCUT2D eigenvalue weighted by atomic mass is 9.98. The van der Waals surface area contributed by atoms with E-state index in [1.165, 1.54) is 0 Å². The number of nitrogens with one attached hydrogen (secondary N) is 1. The third-order valence-corrected chi connectivity index (χ3v) is 4.24. The van der Waals surface area contributed by atoms with Crippen LogP contribution in [0.25, 0.3) is 0 Å². The molecule has 110 valence electrons. The molecule has 0 aromatic heterocycles. The van der Waals surface area contributed by atoms with Gasteiger partial charge in [-0.05, 0) is 32.2 Å². The highest BCUT2D eigenvalue weighted by molar-refractivity contribution is 5.86. The molecule has 0 aromatic rings. The van der Waals surface area contributed by atoms with E-state index in [9.17, 15) is 4.79 Å². The smallest absolute Gasteiger partial charge is 0.240 e. The van der Waals surface area contributed by atoms with Crippen LogP contribution in [0.4, 0.5) is 0 Å². The first-order valence-corrected chi connectivity index (χ1v) is 7.58. The highest BCUT2D eigenvalue weighted by Gasteiger charge is 2.36. The first-order chi connectivity index (χ1) is 9.21. The van der Waals surface area contributed by atoms with Crippen LogP contribution in [-0.4, -0.2) is 55.7 Å². The lowest BCUT2D eigenvalue weighted by Gasteiger charge is -2.26. The topological polar surface area (TPSA) is 67.6 Å². The van der Waals surface area contributed by atoms with E-state index in [2.05, 4.69) is 10.2 Å². The average molecular weight is 269 g/mol. The van der Waals surface area contributed by atoms with Crippen molar-refractivity contribution in [3.8, 4) is 0 Å². The van der Waals surface area contributed by atoms with Crippen molar-refractivity contribution in [3.05, 3.63) is 0 Å². The van der Waals surface area contributed by atoms with Gasteiger partial charge in [0, 0.05) is 19.6 Å². The van der Waals surface area contributed by atoms with Crippen molar-refractivity contribution in [2.24, 2.45) is 5.73 Å². The molecule has 1 saturated heterocycles. The van der Waals surface area contributed by atoms with Crippen molar-refractivity contribution in [1.29, 1.82) is 0 Å². The third kappa shape index (κ3) is 4.44. The maximum Gasteiger partial charge on any atom is 0.240 e. The van der Waals surface area contributed by atoms with Gasteiger partial charge in [-0.15, -0.1) is 0 Å². The number of nitrogens with zero attached hydrogens (tertiary/aromatic N) is 1. The zero-order chi connectivity index (χ0) is 13.6. The first-order valence-electron chi connectivity index (χ1n) is 7.58. The van der Waals surface area contributed by atoms with Crippen LogP contribution in [0.1, 0.15) is 38.5 Å². The van der Waals surface area contributed by atoms with Crippen molar-refractivity contribution in [3.63, 3.8) is 0 Å². The van der Waals surface area contributed by atoms with Gasteiger partial charge >= 0.3 is 0 Å². The fourth-order valence-electron chi connectivity index (χ4n) is 2.90. The molecule has 3 N–H and O–H groups in total. The van der Waals surface area contributed by atoms with E-state index < -0.39 is 5.54 Å². The minimum Gasteiger partial charge on any atom is -0.379 e. The maximum absolute atomic E-state index is 12.0. The van der Waals surface area contributed by atoms with Crippen LogP contribution in [-0.2, 0) is 9.53 Å².